The van der Waals surface area contributed by atoms with E-state index in [1.54, 1.807) is 0 Å². The average Bonchev–Trinajstić information content (AvgIpc) is 3.31. The largest absolute Gasteiger partial charge is 0.347 e. The predicted octanol–water partition coefficient (Wildman–Crippen LogP) is 3.45. The molecule has 0 bridgehead atoms. The number of hydrogen-bond acceptors (Lipinski definition) is 4. The molecule has 152 valence electrons. The second kappa shape index (κ2) is 7.09. The standard InChI is InChI=1S/C23H24N6O/c1-23(2)12-20(17-14-24-29(21(17)13-23)16-8-4-3-5-9-16)25-22(30)15-28-26-18-10-6-7-11-19(18)27-28/h3-11,14,20H,12-13,15H2,1-2H3,(H,25,30)/t20-/m1/s1. The monoisotopic (exact) mass is 400 g/mol. The van der Waals surface area contributed by atoms with E-state index >= 15 is 0 Å². The molecule has 1 amide bonds. The minimum atomic E-state index is -0.101. The quantitative estimate of drug-likeness (QED) is 0.569. The van der Waals surface area contributed by atoms with Gasteiger partial charge in [-0.25, -0.2) is 4.68 Å². The highest BCUT2D eigenvalue weighted by Crippen LogP contribution is 2.41. The van der Waals surface area contributed by atoms with Crippen LogP contribution in [0.1, 0.15) is 37.6 Å². The molecule has 1 aliphatic rings. The fourth-order valence-electron chi connectivity index (χ4n) is 4.31. The molecule has 1 aliphatic carbocycles. The molecule has 0 radical (unpaired) electrons. The van der Waals surface area contributed by atoms with Crippen molar-refractivity contribution in [3.8, 4) is 5.69 Å². The number of nitrogens with one attached hydrogen (secondary N) is 1. The summed E-state index contributed by atoms with van der Waals surface area (Å²) in [6, 6.07) is 17.7. The van der Waals surface area contributed by atoms with Crippen molar-refractivity contribution in [1.29, 1.82) is 0 Å². The van der Waals surface area contributed by atoms with Crippen molar-refractivity contribution in [3.05, 3.63) is 72.1 Å². The number of fused-ring (bicyclic) bond motifs is 2. The summed E-state index contributed by atoms with van der Waals surface area (Å²) < 4.78 is 2.00. The topological polar surface area (TPSA) is 77.6 Å². The smallest absolute Gasteiger partial charge is 0.244 e. The van der Waals surface area contributed by atoms with E-state index in [1.165, 1.54) is 4.80 Å². The second-order valence-corrected chi connectivity index (χ2v) is 8.68. The minimum Gasteiger partial charge on any atom is -0.347 e. The molecule has 0 saturated heterocycles. The molecular formula is C23H24N6O. The minimum absolute atomic E-state index is 0.0517. The van der Waals surface area contributed by atoms with Gasteiger partial charge in [0.1, 0.15) is 17.6 Å². The summed E-state index contributed by atoms with van der Waals surface area (Å²) >= 11 is 0. The van der Waals surface area contributed by atoms with E-state index in [1.807, 2.05) is 53.3 Å². The second-order valence-electron chi connectivity index (χ2n) is 8.68. The first-order valence-electron chi connectivity index (χ1n) is 10.2. The number of rotatable bonds is 4. The van der Waals surface area contributed by atoms with Crippen molar-refractivity contribution in [3.63, 3.8) is 0 Å². The lowest BCUT2D eigenvalue weighted by atomic mass is 9.74. The van der Waals surface area contributed by atoms with Gasteiger partial charge in [0.15, 0.2) is 0 Å². The highest BCUT2D eigenvalue weighted by molar-refractivity contribution is 5.77. The van der Waals surface area contributed by atoms with Crippen molar-refractivity contribution < 1.29 is 4.79 Å². The van der Waals surface area contributed by atoms with Gasteiger partial charge in [-0.2, -0.15) is 20.1 Å². The van der Waals surface area contributed by atoms with Gasteiger partial charge in [-0.15, -0.1) is 0 Å². The van der Waals surface area contributed by atoms with Crippen LogP contribution in [0.15, 0.2) is 60.8 Å². The Hall–Kier alpha value is -3.48. The van der Waals surface area contributed by atoms with E-state index in [2.05, 4.69) is 46.6 Å². The third-order valence-electron chi connectivity index (χ3n) is 5.63. The van der Waals surface area contributed by atoms with Gasteiger partial charge in [0.2, 0.25) is 5.91 Å². The lowest BCUT2D eigenvalue weighted by molar-refractivity contribution is -0.123. The third-order valence-corrected chi connectivity index (χ3v) is 5.63. The maximum Gasteiger partial charge on any atom is 0.244 e. The van der Waals surface area contributed by atoms with E-state index in [-0.39, 0.29) is 23.9 Å². The van der Waals surface area contributed by atoms with Crippen molar-refractivity contribution in [2.75, 3.05) is 0 Å². The molecule has 0 aliphatic heterocycles. The number of hydrogen-bond donors (Lipinski definition) is 1. The van der Waals surface area contributed by atoms with Crippen molar-refractivity contribution in [1.82, 2.24) is 30.1 Å². The van der Waals surface area contributed by atoms with Crippen LogP contribution in [-0.2, 0) is 17.8 Å². The van der Waals surface area contributed by atoms with E-state index < -0.39 is 0 Å². The van der Waals surface area contributed by atoms with E-state index in [0.717, 1.165) is 40.8 Å². The van der Waals surface area contributed by atoms with E-state index in [9.17, 15) is 4.79 Å². The number of carbonyl (C=O) groups excluding carboxylic acids is 1. The molecule has 7 heteroatoms. The van der Waals surface area contributed by atoms with Crippen LogP contribution in [-0.4, -0.2) is 30.7 Å². The van der Waals surface area contributed by atoms with E-state index in [0.29, 0.717) is 0 Å². The van der Waals surface area contributed by atoms with Crippen molar-refractivity contribution >= 4 is 16.9 Å². The summed E-state index contributed by atoms with van der Waals surface area (Å²) in [7, 11) is 0. The Kier molecular flexibility index (Phi) is 4.38. The van der Waals surface area contributed by atoms with Crippen molar-refractivity contribution in [2.24, 2.45) is 5.41 Å². The Morgan fingerprint density at radius 2 is 1.73 bits per heavy atom. The maximum atomic E-state index is 12.8. The van der Waals surface area contributed by atoms with Crippen LogP contribution in [0.2, 0.25) is 0 Å². The first kappa shape index (κ1) is 18.5. The average molecular weight is 400 g/mol. The number of aromatic nitrogens is 5. The zero-order valence-corrected chi connectivity index (χ0v) is 17.1. The molecule has 0 spiro atoms. The molecule has 0 saturated carbocycles. The molecular weight excluding hydrogens is 376 g/mol. The predicted molar refractivity (Wildman–Crippen MR) is 114 cm³/mol. The molecule has 7 nitrogen and oxygen atoms in total. The van der Waals surface area contributed by atoms with Crippen LogP contribution in [0.3, 0.4) is 0 Å². The van der Waals surface area contributed by atoms with Gasteiger partial charge in [-0.3, -0.25) is 4.79 Å². The fraction of sp³-hybridized carbons (Fsp3) is 0.304. The van der Waals surface area contributed by atoms with Gasteiger partial charge >= 0.3 is 0 Å². The Morgan fingerprint density at radius 1 is 1.07 bits per heavy atom. The molecule has 2 aromatic heterocycles. The summed E-state index contributed by atoms with van der Waals surface area (Å²) in [5.74, 6) is -0.101. The normalized spacial score (nSPS) is 17.6. The molecule has 30 heavy (non-hydrogen) atoms. The molecule has 0 unspecified atom stereocenters. The Morgan fingerprint density at radius 3 is 2.43 bits per heavy atom. The Labute approximate surface area is 174 Å². The van der Waals surface area contributed by atoms with Gasteiger partial charge in [-0.1, -0.05) is 44.2 Å². The van der Waals surface area contributed by atoms with Gasteiger partial charge < -0.3 is 5.32 Å². The Balaban J connectivity index is 1.39. The number of para-hydroxylation sites is 1. The zero-order valence-electron chi connectivity index (χ0n) is 17.1. The first-order valence-corrected chi connectivity index (χ1v) is 10.2. The van der Waals surface area contributed by atoms with Crippen LogP contribution in [0.4, 0.5) is 0 Å². The molecule has 4 aromatic rings. The number of amides is 1. The Bertz CT molecular complexity index is 1170. The van der Waals surface area contributed by atoms with Crippen LogP contribution < -0.4 is 5.32 Å². The SMILES string of the molecule is CC1(C)Cc2c(cnn2-c2ccccc2)[C@H](NC(=O)Cn2nc3ccccc3n2)C1. The molecule has 2 heterocycles. The summed E-state index contributed by atoms with van der Waals surface area (Å²) in [6.07, 6.45) is 3.67. The van der Waals surface area contributed by atoms with Crippen LogP contribution >= 0.6 is 0 Å². The summed E-state index contributed by atoms with van der Waals surface area (Å²) in [6.45, 7) is 4.56. The summed E-state index contributed by atoms with van der Waals surface area (Å²) in [4.78, 5) is 14.3. The lowest BCUT2D eigenvalue weighted by Gasteiger charge is -2.36. The number of nitrogens with zero attached hydrogens (tertiary/aromatic N) is 5. The maximum absolute atomic E-state index is 12.8. The highest BCUT2D eigenvalue weighted by Gasteiger charge is 2.36. The van der Waals surface area contributed by atoms with Gasteiger partial charge in [-0.05, 0) is 42.5 Å². The summed E-state index contributed by atoms with van der Waals surface area (Å²) in [5.41, 5.74) is 4.91. The molecule has 5 rings (SSSR count). The number of carbonyl (C=O) groups is 1. The van der Waals surface area contributed by atoms with Crippen LogP contribution in [0, 0.1) is 5.41 Å². The third kappa shape index (κ3) is 3.47. The first-order chi connectivity index (χ1) is 14.5. The van der Waals surface area contributed by atoms with Gasteiger partial charge in [0.25, 0.3) is 0 Å². The highest BCUT2D eigenvalue weighted by atomic mass is 16.2. The number of benzene rings is 2. The van der Waals surface area contributed by atoms with Gasteiger partial charge in [0, 0.05) is 5.56 Å². The van der Waals surface area contributed by atoms with Gasteiger partial charge in [0.05, 0.1) is 23.6 Å². The van der Waals surface area contributed by atoms with Crippen molar-refractivity contribution in [2.45, 2.75) is 39.3 Å². The summed E-state index contributed by atoms with van der Waals surface area (Å²) in [5, 5.41) is 16.6. The van der Waals surface area contributed by atoms with Crippen LogP contribution in [0.25, 0.3) is 16.7 Å². The fourth-order valence-corrected chi connectivity index (χ4v) is 4.31. The van der Waals surface area contributed by atoms with Crippen LogP contribution in [0.5, 0.6) is 0 Å². The molecule has 1 N–H and O–H groups in total. The zero-order chi connectivity index (χ0) is 20.7. The molecule has 0 fully saturated rings. The lowest BCUT2D eigenvalue weighted by Crippen LogP contribution is -2.38. The molecule has 2 aromatic carbocycles. The molecule has 1 atom stereocenters. The van der Waals surface area contributed by atoms with E-state index in [4.69, 9.17) is 0 Å².